The van der Waals surface area contributed by atoms with Crippen LogP contribution in [0.15, 0.2) is 0 Å². The molecule has 1 saturated heterocycles. The molecule has 148 valence electrons. The van der Waals surface area contributed by atoms with Gasteiger partial charge in [0, 0.05) is 24.9 Å². The molecule has 3 rings (SSSR count). The molecule has 0 aromatic heterocycles. The number of carbonyl (C=O) groups is 3. The predicted octanol–water partition coefficient (Wildman–Crippen LogP) is 1.64. The highest BCUT2D eigenvalue weighted by molar-refractivity contribution is 5.82. The summed E-state index contributed by atoms with van der Waals surface area (Å²) in [7, 11) is 2.09. The molecule has 7 nitrogen and oxygen atoms in total. The highest BCUT2D eigenvalue weighted by Gasteiger charge is 2.52. The van der Waals surface area contributed by atoms with E-state index >= 15 is 0 Å². The van der Waals surface area contributed by atoms with Crippen LogP contribution >= 0.6 is 0 Å². The number of hydrogen-bond acceptors (Lipinski definition) is 5. The number of rotatable bonds is 8. The van der Waals surface area contributed by atoms with E-state index in [4.69, 9.17) is 5.21 Å². The number of hydroxylamine groups is 1. The van der Waals surface area contributed by atoms with Gasteiger partial charge in [0.2, 0.25) is 11.8 Å². The van der Waals surface area contributed by atoms with Gasteiger partial charge in [-0.1, -0.05) is 19.8 Å². The number of likely N-dealkylation sites (N-methyl/N-ethyl adjacent to an activating group) is 1. The second-order valence-corrected chi connectivity index (χ2v) is 8.20. The first kappa shape index (κ1) is 20.8. The third-order valence-corrected chi connectivity index (χ3v) is 5.62. The quantitative estimate of drug-likeness (QED) is 0.344. The van der Waals surface area contributed by atoms with Gasteiger partial charge in [0.15, 0.2) is 0 Å². The molecule has 2 amide bonds. The van der Waals surface area contributed by atoms with Crippen molar-refractivity contribution < 1.29 is 19.6 Å². The molecular weight excluding hydrogens is 334 g/mol. The normalized spacial score (nSPS) is 24.3. The number of carbonyl (C=O) groups excluding carboxylic acids is 3. The van der Waals surface area contributed by atoms with E-state index in [9.17, 15) is 14.4 Å². The molecule has 7 heteroatoms. The Labute approximate surface area is 155 Å². The van der Waals surface area contributed by atoms with Crippen LogP contribution in [0, 0.1) is 11.3 Å². The van der Waals surface area contributed by atoms with Crippen molar-refractivity contribution in [1.29, 1.82) is 0 Å². The van der Waals surface area contributed by atoms with Crippen LogP contribution in [0.3, 0.4) is 0 Å². The second-order valence-electron chi connectivity index (χ2n) is 8.20. The lowest BCUT2D eigenvalue weighted by Crippen LogP contribution is -2.42. The van der Waals surface area contributed by atoms with Crippen LogP contribution in [0.1, 0.15) is 64.7 Å². The number of likely N-dealkylation sites (tertiary alicyclic amines) is 1. The lowest BCUT2D eigenvalue weighted by Gasteiger charge is -2.18. The number of nitrogens with one attached hydrogen (secondary N) is 2. The minimum Gasteiger partial charge on any atom is -0.352 e. The molecule has 3 fully saturated rings. The fourth-order valence-corrected chi connectivity index (χ4v) is 3.60. The van der Waals surface area contributed by atoms with Gasteiger partial charge in [0.05, 0.1) is 6.04 Å². The topological polar surface area (TPSA) is 98.7 Å². The first-order chi connectivity index (χ1) is 12.4. The van der Waals surface area contributed by atoms with Crippen LogP contribution < -0.4 is 10.8 Å². The highest BCUT2D eigenvalue weighted by atomic mass is 16.5. The summed E-state index contributed by atoms with van der Waals surface area (Å²) in [6.45, 7) is 3.16. The van der Waals surface area contributed by atoms with Crippen LogP contribution in [-0.2, 0) is 14.4 Å². The maximum Gasteiger partial charge on any atom is 0.244 e. The molecule has 3 aliphatic rings. The molecule has 26 heavy (non-hydrogen) atoms. The summed E-state index contributed by atoms with van der Waals surface area (Å²) >= 11 is 0. The Morgan fingerprint density at radius 2 is 2.04 bits per heavy atom. The summed E-state index contributed by atoms with van der Waals surface area (Å²) in [6, 6.07) is 0.671. The molecule has 0 aromatic carbocycles. The predicted molar refractivity (Wildman–Crippen MR) is 97.5 cm³/mol. The van der Waals surface area contributed by atoms with Gasteiger partial charge in [-0.05, 0) is 51.0 Å². The Kier molecular flexibility index (Phi) is 7.58. The molecule has 3 N–H and O–H groups in total. The summed E-state index contributed by atoms with van der Waals surface area (Å²) in [4.78, 5) is 35.1. The third-order valence-electron chi connectivity index (χ3n) is 5.62. The van der Waals surface area contributed by atoms with Gasteiger partial charge >= 0.3 is 0 Å². The van der Waals surface area contributed by atoms with Crippen LogP contribution in [0.2, 0.25) is 0 Å². The van der Waals surface area contributed by atoms with Crippen molar-refractivity contribution in [3.63, 3.8) is 0 Å². The van der Waals surface area contributed by atoms with Crippen molar-refractivity contribution in [1.82, 2.24) is 15.7 Å². The smallest absolute Gasteiger partial charge is 0.244 e. The molecule has 0 bridgehead atoms. The van der Waals surface area contributed by atoms with E-state index in [1.54, 1.807) is 0 Å². The van der Waals surface area contributed by atoms with E-state index in [0.717, 1.165) is 32.1 Å². The molecule has 2 atom stereocenters. The Hall–Kier alpha value is -1.47. The maximum absolute atomic E-state index is 11.9. The zero-order chi connectivity index (χ0) is 19.2. The van der Waals surface area contributed by atoms with Crippen LogP contribution in [0.25, 0.3) is 0 Å². The summed E-state index contributed by atoms with van der Waals surface area (Å²) in [6.07, 6.45) is 9.66. The number of nitrogens with zero attached hydrogens (tertiary/aromatic N) is 1. The van der Waals surface area contributed by atoms with E-state index in [0.29, 0.717) is 17.9 Å². The van der Waals surface area contributed by atoms with Crippen molar-refractivity contribution in [2.45, 2.75) is 76.8 Å². The third kappa shape index (κ3) is 6.36. The van der Waals surface area contributed by atoms with Gasteiger partial charge in [-0.2, -0.15) is 0 Å². The van der Waals surface area contributed by atoms with E-state index in [-0.39, 0.29) is 24.3 Å². The second kappa shape index (κ2) is 9.46. The molecule has 2 unspecified atom stereocenters. The SMILES string of the molecule is CCCCC(C=O)CC(=O)NO.CN1CC2(CC2)CC1C(=O)NC1CC1. The lowest BCUT2D eigenvalue weighted by atomic mass is 10.00. The monoisotopic (exact) mass is 367 g/mol. The first-order valence-electron chi connectivity index (χ1n) is 9.82. The Morgan fingerprint density at radius 3 is 2.50 bits per heavy atom. The van der Waals surface area contributed by atoms with Crippen molar-refractivity contribution in [2.24, 2.45) is 11.3 Å². The number of aldehydes is 1. The van der Waals surface area contributed by atoms with E-state index in [1.807, 2.05) is 6.92 Å². The number of hydrogen-bond donors (Lipinski definition) is 3. The molecule has 1 spiro atoms. The summed E-state index contributed by atoms with van der Waals surface area (Å²) in [5.41, 5.74) is 2.05. The van der Waals surface area contributed by atoms with Gasteiger partial charge in [0.25, 0.3) is 0 Å². The summed E-state index contributed by atoms with van der Waals surface area (Å²) in [5.74, 6) is -0.473. The van der Waals surface area contributed by atoms with E-state index < -0.39 is 5.91 Å². The lowest BCUT2D eigenvalue weighted by molar-refractivity contribution is -0.131. The van der Waals surface area contributed by atoms with Gasteiger partial charge in [-0.25, -0.2) is 5.48 Å². The Balaban J connectivity index is 0.000000191. The van der Waals surface area contributed by atoms with Gasteiger partial charge < -0.3 is 10.1 Å². The zero-order valence-electron chi connectivity index (χ0n) is 16.0. The van der Waals surface area contributed by atoms with Crippen LogP contribution in [-0.4, -0.2) is 53.9 Å². The summed E-state index contributed by atoms with van der Waals surface area (Å²) in [5, 5.41) is 11.3. The molecule has 2 saturated carbocycles. The fraction of sp³-hybridized carbons (Fsp3) is 0.842. The van der Waals surface area contributed by atoms with Gasteiger partial charge in [-0.15, -0.1) is 0 Å². The van der Waals surface area contributed by atoms with Crippen molar-refractivity contribution in [2.75, 3.05) is 13.6 Å². The van der Waals surface area contributed by atoms with Crippen LogP contribution in [0.4, 0.5) is 0 Å². The molecule has 0 radical (unpaired) electrons. The van der Waals surface area contributed by atoms with Gasteiger partial charge in [-0.3, -0.25) is 19.7 Å². The van der Waals surface area contributed by atoms with E-state index in [1.165, 1.54) is 31.2 Å². The van der Waals surface area contributed by atoms with Gasteiger partial charge in [0.1, 0.15) is 6.29 Å². The fourth-order valence-electron chi connectivity index (χ4n) is 3.60. The minimum atomic E-state index is -0.497. The molecular formula is C19H33N3O4. The number of unbranched alkanes of at least 4 members (excludes halogenated alkanes) is 1. The van der Waals surface area contributed by atoms with Crippen molar-refractivity contribution in [3.05, 3.63) is 0 Å². The Bertz CT molecular complexity index is 503. The van der Waals surface area contributed by atoms with Crippen molar-refractivity contribution in [3.8, 4) is 0 Å². The first-order valence-corrected chi connectivity index (χ1v) is 9.82. The van der Waals surface area contributed by atoms with Crippen molar-refractivity contribution >= 4 is 18.1 Å². The molecule has 2 aliphatic carbocycles. The van der Waals surface area contributed by atoms with E-state index in [2.05, 4.69) is 17.3 Å². The van der Waals surface area contributed by atoms with Crippen LogP contribution in [0.5, 0.6) is 0 Å². The molecule has 0 aromatic rings. The average molecular weight is 367 g/mol. The molecule has 1 heterocycles. The minimum absolute atomic E-state index is 0.0833. The maximum atomic E-state index is 11.9. The molecule has 1 aliphatic heterocycles. The Morgan fingerprint density at radius 1 is 1.35 bits per heavy atom. The number of amides is 2. The summed E-state index contributed by atoms with van der Waals surface area (Å²) < 4.78 is 0. The average Bonchev–Trinajstić information content (AvgIpc) is 3.54. The largest absolute Gasteiger partial charge is 0.352 e. The zero-order valence-corrected chi connectivity index (χ0v) is 16.0. The highest BCUT2D eigenvalue weighted by Crippen LogP contribution is 2.54. The standard InChI is InChI=1S/C11H18N2O.C8H15NO3/c1-13-7-11(4-5-11)6-9(13)10(14)12-8-2-3-8;1-2-3-4-7(6-10)5-8(11)9-12/h8-9H,2-7H2,1H3,(H,12,14);6-7,12H,2-5H2,1H3,(H,9,11).